The van der Waals surface area contributed by atoms with Crippen molar-refractivity contribution in [1.29, 1.82) is 0 Å². The predicted octanol–water partition coefficient (Wildman–Crippen LogP) is 3.04. The molecule has 0 spiro atoms. The van der Waals surface area contributed by atoms with Crippen molar-refractivity contribution in [2.45, 2.75) is 13.5 Å². The summed E-state index contributed by atoms with van der Waals surface area (Å²) in [5, 5.41) is 3.97. The van der Waals surface area contributed by atoms with E-state index in [0.717, 1.165) is 22.2 Å². The lowest BCUT2D eigenvalue weighted by Crippen LogP contribution is -2.24. The van der Waals surface area contributed by atoms with E-state index in [4.69, 9.17) is 10.2 Å². The van der Waals surface area contributed by atoms with Crippen molar-refractivity contribution >= 4 is 22.8 Å². The Labute approximate surface area is 149 Å². The first-order chi connectivity index (χ1) is 12.6. The molecular formula is C19H17N5O2. The number of anilines is 1. The second kappa shape index (κ2) is 6.36. The lowest BCUT2D eigenvalue weighted by atomic mass is 10.1. The van der Waals surface area contributed by atoms with Crippen LogP contribution in [0.5, 0.6) is 0 Å². The van der Waals surface area contributed by atoms with E-state index in [1.807, 2.05) is 25.1 Å². The summed E-state index contributed by atoms with van der Waals surface area (Å²) in [5.41, 5.74) is 9.57. The molecule has 1 aromatic carbocycles. The second-order valence-electron chi connectivity index (χ2n) is 6.03. The highest BCUT2D eigenvalue weighted by atomic mass is 16.3. The molecule has 0 atom stereocenters. The summed E-state index contributed by atoms with van der Waals surface area (Å²) in [5.74, 6) is 0.229. The quantitative estimate of drug-likeness (QED) is 0.525. The standard InChI is InChI=1S/C19H17N5O2/c1-11-7-13-8-12(4-5-14(13)22-11)10-21-18(25)16-9-15(23-19(20)24-16)17-3-2-6-26-17/h2-9,22H,10H2,1H3,(H,21,25)(H2,20,23,24). The molecule has 0 fully saturated rings. The number of furan rings is 1. The van der Waals surface area contributed by atoms with E-state index in [1.165, 1.54) is 6.26 Å². The zero-order chi connectivity index (χ0) is 18.1. The Morgan fingerprint density at radius 2 is 2.12 bits per heavy atom. The first-order valence-corrected chi connectivity index (χ1v) is 8.13. The molecule has 3 aromatic heterocycles. The summed E-state index contributed by atoms with van der Waals surface area (Å²) >= 11 is 0. The number of nitrogens with two attached hydrogens (primary N) is 1. The van der Waals surface area contributed by atoms with Gasteiger partial charge < -0.3 is 20.5 Å². The van der Waals surface area contributed by atoms with Crippen LogP contribution in [0.4, 0.5) is 5.95 Å². The van der Waals surface area contributed by atoms with Crippen molar-refractivity contribution in [3.8, 4) is 11.5 Å². The number of aromatic nitrogens is 3. The van der Waals surface area contributed by atoms with Gasteiger partial charge in [0.2, 0.25) is 5.95 Å². The molecule has 1 amide bonds. The van der Waals surface area contributed by atoms with Crippen LogP contribution in [0.3, 0.4) is 0 Å². The van der Waals surface area contributed by atoms with E-state index in [0.29, 0.717) is 18.0 Å². The number of aromatic amines is 1. The fourth-order valence-electron chi connectivity index (χ4n) is 2.84. The second-order valence-corrected chi connectivity index (χ2v) is 6.03. The van der Waals surface area contributed by atoms with E-state index in [1.54, 1.807) is 18.2 Å². The minimum atomic E-state index is -0.322. The fourth-order valence-corrected chi connectivity index (χ4v) is 2.84. The molecule has 4 rings (SSSR count). The van der Waals surface area contributed by atoms with E-state index in [9.17, 15) is 4.79 Å². The Balaban J connectivity index is 1.52. The monoisotopic (exact) mass is 347 g/mol. The summed E-state index contributed by atoms with van der Waals surface area (Å²) in [6, 6.07) is 13.1. The van der Waals surface area contributed by atoms with Gasteiger partial charge >= 0.3 is 0 Å². The van der Waals surface area contributed by atoms with Crippen LogP contribution in [0.15, 0.2) is 53.1 Å². The highest BCUT2D eigenvalue weighted by Gasteiger charge is 2.13. The van der Waals surface area contributed by atoms with Crippen molar-refractivity contribution < 1.29 is 9.21 Å². The lowest BCUT2D eigenvalue weighted by Gasteiger charge is -2.07. The minimum absolute atomic E-state index is 0.0215. The number of aryl methyl sites for hydroxylation is 1. The number of amides is 1. The maximum Gasteiger partial charge on any atom is 0.270 e. The number of nitrogens with one attached hydrogen (secondary N) is 2. The number of nitrogen functional groups attached to an aromatic ring is 1. The third-order valence-corrected chi connectivity index (χ3v) is 4.02. The zero-order valence-corrected chi connectivity index (χ0v) is 14.1. The maximum absolute atomic E-state index is 12.5. The molecule has 0 saturated heterocycles. The molecule has 0 radical (unpaired) electrons. The van der Waals surface area contributed by atoms with E-state index >= 15 is 0 Å². The van der Waals surface area contributed by atoms with Gasteiger partial charge in [0.25, 0.3) is 5.91 Å². The number of fused-ring (bicyclic) bond motifs is 1. The number of benzene rings is 1. The Hall–Kier alpha value is -3.61. The van der Waals surface area contributed by atoms with Gasteiger partial charge in [0.05, 0.1) is 6.26 Å². The molecule has 0 aliphatic heterocycles. The number of H-pyrrole nitrogens is 1. The molecule has 130 valence electrons. The van der Waals surface area contributed by atoms with Crippen molar-refractivity contribution in [2.75, 3.05) is 5.73 Å². The van der Waals surface area contributed by atoms with Crippen LogP contribution in [-0.4, -0.2) is 20.9 Å². The van der Waals surface area contributed by atoms with Crippen LogP contribution in [0, 0.1) is 6.92 Å². The van der Waals surface area contributed by atoms with Gasteiger partial charge in [0.1, 0.15) is 11.4 Å². The van der Waals surface area contributed by atoms with Crippen molar-refractivity contribution in [3.05, 3.63) is 65.7 Å². The maximum atomic E-state index is 12.5. The number of rotatable bonds is 4. The molecule has 7 nitrogen and oxygen atoms in total. The van der Waals surface area contributed by atoms with Gasteiger partial charge in [0, 0.05) is 17.8 Å². The zero-order valence-electron chi connectivity index (χ0n) is 14.1. The van der Waals surface area contributed by atoms with Crippen molar-refractivity contribution in [3.63, 3.8) is 0 Å². The average Bonchev–Trinajstić information content (AvgIpc) is 3.27. The third-order valence-electron chi connectivity index (χ3n) is 4.02. The molecule has 0 aliphatic rings. The fraction of sp³-hybridized carbons (Fsp3) is 0.105. The smallest absolute Gasteiger partial charge is 0.270 e. The number of carbonyl (C=O) groups is 1. The third kappa shape index (κ3) is 3.14. The predicted molar refractivity (Wildman–Crippen MR) is 98.4 cm³/mol. The lowest BCUT2D eigenvalue weighted by molar-refractivity contribution is 0.0946. The van der Waals surface area contributed by atoms with Crippen molar-refractivity contribution in [1.82, 2.24) is 20.3 Å². The van der Waals surface area contributed by atoms with Gasteiger partial charge in [-0.25, -0.2) is 9.97 Å². The first-order valence-electron chi connectivity index (χ1n) is 8.13. The summed E-state index contributed by atoms with van der Waals surface area (Å²) in [7, 11) is 0. The van der Waals surface area contributed by atoms with Crippen LogP contribution in [0.25, 0.3) is 22.4 Å². The molecule has 7 heteroatoms. The highest BCUT2D eigenvalue weighted by molar-refractivity contribution is 5.93. The molecule has 3 heterocycles. The minimum Gasteiger partial charge on any atom is -0.463 e. The molecule has 4 aromatic rings. The number of hydrogen-bond acceptors (Lipinski definition) is 5. The topological polar surface area (TPSA) is 110 Å². The number of carbonyl (C=O) groups excluding carboxylic acids is 1. The largest absolute Gasteiger partial charge is 0.463 e. The summed E-state index contributed by atoms with van der Waals surface area (Å²) in [6.07, 6.45) is 1.53. The normalized spacial score (nSPS) is 11.0. The van der Waals surface area contributed by atoms with E-state index in [2.05, 4.69) is 26.3 Å². The molecule has 0 unspecified atom stereocenters. The van der Waals surface area contributed by atoms with Gasteiger partial charge in [-0.15, -0.1) is 0 Å². The van der Waals surface area contributed by atoms with Gasteiger partial charge in [-0.1, -0.05) is 6.07 Å². The van der Waals surface area contributed by atoms with E-state index < -0.39 is 0 Å². The number of nitrogens with zero attached hydrogens (tertiary/aromatic N) is 2. The van der Waals surface area contributed by atoms with Gasteiger partial charge in [-0.05, 0) is 54.3 Å². The summed E-state index contributed by atoms with van der Waals surface area (Å²) in [6.45, 7) is 2.40. The average molecular weight is 347 g/mol. The Kier molecular flexibility index (Phi) is 3.89. The molecule has 0 bridgehead atoms. The van der Waals surface area contributed by atoms with Crippen LogP contribution < -0.4 is 11.1 Å². The first kappa shape index (κ1) is 15.9. The summed E-state index contributed by atoms with van der Waals surface area (Å²) in [4.78, 5) is 23.9. The van der Waals surface area contributed by atoms with Gasteiger partial charge in [-0.2, -0.15) is 0 Å². The van der Waals surface area contributed by atoms with Crippen LogP contribution in [0.1, 0.15) is 21.7 Å². The van der Waals surface area contributed by atoms with Gasteiger partial charge in [0.15, 0.2) is 5.76 Å². The Morgan fingerprint density at radius 3 is 2.92 bits per heavy atom. The molecule has 26 heavy (non-hydrogen) atoms. The molecule has 0 aliphatic carbocycles. The number of hydrogen-bond donors (Lipinski definition) is 3. The molecular weight excluding hydrogens is 330 g/mol. The molecule has 0 saturated carbocycles. The van der Waals surface area contributed by atoms with Crippen LogP contribution in [-0.2, 0) is 6.54 Å². The van der Waals surface area contributed by atoms with E-state index in [-0.39, 0.29) is 17.5 Å². The van der Waals surface area contributed by atoms with Crippen LogP contribution in [0.2, 0.25) is 0 Å². The SMILES string of the molecule is Cc1cc2cc(CNC(=O)c3cc(-c4ccco4)nc(N)n3)ccc2[nH]1. The van der Waals surface area contributed by atoms with Crippen molar-refractivity contribution in [2.24, 2.45) is 0 Å². The van der Waals surface area contributed by atoms with Gasteiger partial charge in [-0.3, -0.25) is 4.79 Å². The summed E-state index contributed by atoms with van der Waals surface area (Å²) < 4.78 is 5.30. The molecule has 4 N–H and O–H groups in total. The highest BCUT2D eigenvalue weighted by Crippen LogP contribution is 2.19. The Morgan fingerprint density at radius 1 is 1.23 bits per heavy atom. The van der Waals surface area contributed by atoms with Crippen LogP contribution >= 0.6 is 0 Å². The Bertz CT molecular complexity index is 1080.